The van der Waals surface area contributed by atoms with Crippen molar-refractivity contribution < 1.29 is 9.53 Å². The van der Waals surface area contributed by atoms with Gasteiger partial charge in [-0.15, -0.1) is 0 Å². The first kappa shape index (κ1) is 16.3. The Morgan fingerprint density at radius 3 is 2.68 bits per heavy atom. The first-order chi connectivity index (χ1) is 8.80. The maximum Gasteiger partial charge on any atom is 0.302 e. The Morgan fingerprint density at radius 1 is 1.37 bits per heavy atom. The van der Waals surface area contributed by atoms with Crippen molar-refractivity contribution in [3.63, 3.8) is 0 Å². The Hall–Kier alpha value is -0.790. The van der Waals surface area contributed by atoms with Crippen molar-refractivity contribution in [2.24, 2.45) is 11.3 Å². The number of carbonyl (C=O) groups is 1. The lowest BCUT2D eigenvalue weighted by Gasteiger charge is -2.28. The predicted octanol–water partition coefficient (Wildman–Crippen LogP) is 4.88. The second-order valence-corrected chi connectivity index (χ2v) is 6.97. The maximum atomic E-state index is 11.3. The molecule has 1 aliphatic rings. The summed E-state index contributed by atoms with van der Waals surface area (Å²) in [6.45, 7) is 10.6. The van der Waals surface area contributed by atoms with Crippen molar-refractivity contribution in [2.45, 2.75) is 79.2 Å². The van der Waals surface area contributed by atoms with Crippen LogP contribution in [0.1, 0.15) is 73.1 Å². The summed E-state index contributed by atoms with van der Waals surface area (Å²) < 4.78 is 5.54. The first-order valence-electron chi connectivity index (χ1n) is 7.63. The van der Waals surface area contributed by atoms with E-state index in [1.807, 2.05) is 0 Å². The topological polar surface area (TPSA) is 26.3 Å². The number of hydrogen-bond donors (Lipinski definition) is 0. The molecule has 0 aromatic heterocycles. The van der Waals surface area contributed by atoms with Gasteiger partial charge >= 0.3 is 5.97 Å². The summed E-state index contributed by atoms with van der Waals surface area (Å²) in [6.07, 6.45) is 9.23. The first-order valence-corrected chi connectivity index (χ1v) is 7.63. The van der Waals surface area contributed by atoms with Crippen LogP contribution >= 0.6 is 0 Å². The van der Waals surface area contributed by atoms with E-state index in [2.05, 4.69) is 33.8 Å². The van der Waals surface area contributed by atoms with E-state index in [9.17, 15) is 4.79 Å². The van der Waals surface area contributed by atoms with Gasteiger partial charge in [-0.1, -0.05) is 32.4 Å². The van der Waals surface area contributed by atoms with Crippen LogP contribution in [0.25, 0.3) is 0 Å². The summed E-state index contributed by atoms with van der Waals surface area (Å²) in [6, 6.07) is 0. The van der Waals surface area contributed by atoms with E-state index in [1.54, 1.807) is 0 Å². The standard InChI is InChI=1S/C17H30O2/c1-13-7-6-8-14(2)16(19-15(3)18)10-12-17(4,5)11-9-13/h9,14,16H,6-8,10-12H2,1-5H3/b13-9-/t14-,16+/m1/s1. The Kier molecular flexibility index (Phi) is 6.09. The van der Waals surface area contributed by atoms with Gasteiger partial charge in [0.15, 0.2) is 0 Å². The molecular formula is C17H30O2. The lowest BCUT2D eigenvalue weighted by atomic mass is 9.81. The van der Waals surface area contributed by atoms with Gasteiger partial charge in [-0.25, -0.2) is 0 Å². The molecule has 0 radical (unpaired) electrons. The van der Waals surface area contributed by atoms with E-state index in [0.29, 0.717) is 11.3 Å². The number of ether oxygens (including phenoxy) is 1. The van der Waals surface area contributed by atoms with E-state index >= 15 is 0 Å². The van der Waals surface area contributed by atoms with Crippen LogP contribution in [0.2, 0.25) is 0 Å². The molecule has 0 N–H and O–H groups in total. The highest BCUT2D eigenvalue weighted by Crippen LogP contribution is 2.32. The molecule has 110 valence electrons. The molecule has 0 aromatic carbocycles. The fourth-order valence-corrected chi connectivity index (χ4v) is 2.75. The van der Waals surface area contributed by atoms with Crippen molar-refractivity contribution in [3.8, 4) is 0 Å². The molecule has 2 atom stereocenters. The average molecular weight is 266 g/mol. The summed E-state index contributed by atoms with van der Waals surface area (Å²) in [7, 11) is 0. The Bertz CT molecular complexity index is 328. The van der Waals surface area contributed by atoms with Crippen LogP contribution in [-0.2, 0) is 9.53 Å². The number of rotatable bonds is 1. The minimum atomic E-state index is -0.140. The number of carbonyl (C=O) groups excluding carboxylic acids is 1. The van der Waals surface area contributed by atoms with Crippen molar-refractivity contribution >= 4 is 5.97 Å². The molecule has 0 aromatic rings. The Morgan fingerprint density at radius 2 is 2.05 bits per heavy atom. The van der Waals surface area contributed by atoms with Gasteiger partial charge in [0.05, 0.1) is 0 Å². The van der Waals surface area contributed by atoms with Crippen molar-refractivity contribution in [1.82, 2.24) is 0 Å². The lowest BCUT2D eigenvalue weighted by molar-refractivity contribution is -0.149. The monoisotopic (exact) mass is 266 g/mol. The molecule has 0 saturated heterocycles. The Balaban J connectivity index is 2.75. The zero-order valence-corrected chi connectivity index (χ0v) is 13.3. The van der Waals surface area contributed by atoms with Crippen LogP contribution in [-0.4, -0.2) is 12.1 Å². The number of esters is 1. The minimum Gasteiger partial charge on any atom is -0.462 e. The molecule has 1 rings (SSSR count). The summed E-state index contributed by atoms with van der Waals surface area (Å²) >= 11 is 0. The quantitative estimate of drug-likeness (QED) is 0.499. The summed E-state index contributed by atoms with van der Waals surface area (Å²) in [4.78, 5) is 11.3. The molecule has 0 unspecified atom stereocenters. The van der Waals surface area contributed by atoms with Gasteiger partial charge < -0.3 is 4.74 Å². The smallest absolute Gasteiger partial charge is 0.302 e. The molecule has 0 saturated carbocycles. The van der Waals surface area contributed by atoms with Gasteiger partial charge in [0.25, 0.3) is 0 Å². The van der Waals surface area contributed by atoms with E-state index < -0.39 is 0 Å². The molecule has 2 heteroatoms. The number of allylic oxidation sites excluding steroid dienone is 2. The third-order valence-electron chi connectivity index (χ3n) is 4.29. The highest BCUT2D eigenvalue weighted by atomic mass is 16.5. The fraction of sp³-hybridized carbons (Fsp3) is 0.824. The van der Waals surface area contributed by atoms with Crippen LogP contribution in [0.3, 0.4) is 0 Å². The molecule has 1 aliphatic carbocycles. The molecule has 0 bridgehead atoms. The maximum absolute atomic E-state index is 11.3. The highest BCUT2D eigenvalue weighted by Gasteiger charge is 2.25. The molecular weight excluding hydrogens is 236 g/mol. The van der Waals surface area contributed by atoms with E-state index in [0.717, 1.165) is 25.7 Å². The Labute approximate surface area is 118 Å². The van der Waals surface area contributed by atoms with E-state index in [1.165, 1.54) is 25.3 Å². The van der Waals surface area contributed by atoms with Crippen molar-refractivity contribution in [1.29, 1.82) is 0 Å². The van der Waals surface area contributed by atoms with Gasteiger partial charge in [0.2, 0.25) is 0 Å². The second-order valence-electron chi connectivity index (χ2n) is 6.97. The largest absolute Gasteiger partial charge is 0.462 e. The van der Waals surface area contributed by atoms with Crippen LogP contribution in [0.15, 0.2) is 11.6 Å². The van der Waals surface area contributed by atoms with E-state index in [4.69, 9.17) is 4.74 Å². The normalized spacial score (nSPS) is 31.7. The molecule has 0 spiro atoms. The third kappa shape index (κ3) is 6.26. The van der Waals surface area contributed by atoms with Gasteiger partial charge in [0.1, 0.15) is 6.10 Å². The zero-order valence-electron chi connectivity index (χ0n) is 13.3. The van der Waals surface area contributed by atoms with Crippen molar-refractivity contribution in [2.75, 3.05) is 0 Å². The molecule has 0 heterocycles. The number of hydrogen-bond acceptors (Lipinski definition) is 2. The predicted molar refractivity (Wildman–Crippen MR) is 80.0 cm³/mol. The fourth-order valence-electron chi connectivity index (χ4n) is 2.75. The molecule has 0 fully saturated rings. The van der Waals surface area contributed by atoms with Gasteiger partial charge in [-0.2, -0.15) is 0 Å². The van der Waals surface area contributed by atoms with Crippen LogP contribution in [0.4, 0.5) is 0 Å². The zero-order chi connectivity index (χ0) is 14.5. The molecule has 19 heavy (non-hydrogen) atoms. The van der Waals surface area contributed by atoms with Crippen molar-refractivity contribution in [3.05, 3.63) is 11.6 Å². The second kappa shape index (κ2) is 7.12. The third-order valence-corrected chi connectivity index (χ3v) is 4.29. The SMILES string of the molecule is CC(=O)O[C@H]1CCC(C)(C)C/C=C(/C)CCC[C@H]1C. The van der Waals surface area contributed by atoms with Gasteiger partial charge in [-0.3, -0.25) is 4.79 Å². The summed E-state index contributed by atoms with van der Waals surface area (Å²) in [5.74, 6) is 0.324. The van der Waals surface area contributed by atoms with Crippen LogP contribution in [0.5, 0.6) is 0 Å². The molecule has 0 amide bonds. The van der Waals surface area contributed by atoms with Gasteiger partial charge in [0, 0.05) is 6.92 Å². The van der Waals surface area contributed by atoms with Gasteiger partial charge in [-0.05, 0) is 56.8 Å². The van der Waals surface area contributed by atoms with E-state index in [-0.39, 0.29) is 12.1 Å². The average Bonchev–Trinajstić information content (AvgIpc) is 2.32. The molecule has 0 aliphatic heterocycles. The molecule has 2 nitrogen and oxygen atoms in total. The van der Waals surface area contributed by atoms with Crippen LogP contribution < -0.4 is 0 Å². The van der Waals surface area contributed by atoms with Crippen LogP contribution in [0, 0.1) is 11.3 Å². The minimum absolute atomic E-state index is 0.0928. The highest BCUT2D eigenvalue weighted by molar-refractivity contribution is 5.66. The lowest BCUT2D eigenvalue weighted by Crippen LogP contribution is -2.26. The summed E-state index contributed by atoms with van der Waals surface area (Å²) in [5, 5.41) is 0. The summed E-state index contributed by atoms with van der Waals surface area (Å²) in [5.41, 5.74) is 1.80.